The van der Waals surface area contributed by atoms with Gasteiger partial charge in [-0.25, -0.2) is 0 Å². The molecule has 0 aliphatic heterocycles. The normalized spacial score (nSPS) is 10.2. The van der Waals surface area contributed by atoms with Crippen molar-refractivity contribution in [1.29, 1.82) is 0 Å². The summed E-state index contributed by atoms with van der Waals surface area (Å²) in [5.41, 5.74) is 0. The van der Waals surface area contributed by atoms with E-state index >= 15 is 0 Å². The van der Waals surface area contributed by atoms with Gasteiger partial charge in [0.15, 0.2) is 0 Å². The summed E-state index contributed by atoms with van der Waals surface area (Å²) in [6.07, 6.45) is 6.79. The molecule has 0 spiro atoms. The molecule has 0 saturated carbocycles. The van der Waals surface area contributed by atoms with Crippen LogP contribution in [0.5, 0.6) is 0 Å². The molecule has 0 heterocycles. The van der Waals surface area contributed by atoms with Crippen LogP contribution in [0.1, 0.15) is 53.4 Å². The molecule has 2 atom stereocenters. The van der Waals surface area contributed by atoms with E-state index in [-0.39, 0.29) is 24.1 Å². The zero-order chi connectivity index (χ0) is 16.8. The van der Waals surface area contributed by atoms with Gasteiger partial charge in [0.05, 0.1) is 0 Å². The second kappa shape index (κ2) is 30.3. The van der Waals surface area contributed by atoms with Crippen molar-refractivity contribution in [2.75, 3.05) is 0 Å². The van der Waals surface area contributed by atoms with E-state index < -0.39 is 0 Å². The van der Waals surface area contributed by atoms with Crippen molar-refractivity contribution >= 4 is 24.9 Å². The Hall–Kier alpha value is -1.90. The summed E-state index contributed by atoms with van der Waals surface area (Å²) in [6.45, 7) is 8.05. The third kappa shape index (κ3) is 56.0. The number of hydrogen-bond acceptors (Lipinski definition) is 6. The van der Waals surface area contributed by atoms with Crippen molar-refractivity contribution < 1.29 is 28.8 Å². The third-order valence-corrected chi connectivity index (χ3v) is 1.95. The number of hydrogen-bond donors (Lipinski definition) is 0. The van der Waals surface area contributed by atoms with Crippen molar-refractivity contribution in [3.63, 3.8) is 0 Å². The maximum Gasteiger partial charge on any atom is 0.373 e. The first-order valence-corrected chi connectivity index (χ1v) is 6.34. The van der Waals surface area contributed by atoms with Gasteiger partial charge in [0.25, 0.3) is 0 Å². The summed E-state index contributed by atoms with van der Waals surface area (Å²) in [7, 11) is 0. The lowest BCUT2D eigenvalue weighted by molar-refractivity contribution is -0.193. The highest BCUT2D eigenvalue weighted by atomic mass is 16.2. The van der Waals surface area contributed by atoms with E-state index in [1.54, 1.807) is 0 Å². The topological polar surface area (TPSA) is 102 Å². The molecule has 116 valence electrons. The zero-order valence-corrected chi connectivity index (χ0v) is 12.6. The van der Waals surface area contributed by atoms with Gasteiger partial charge >= 0.3 is 12.3 Å². The van der Waals surface area contributed by atoms with Crippen LogP contribution in [0.25, 0.3) is 0 Å². The zero-order valence-electron chi connectivity index (χ0n) is 12.6. The molecule has 0 aromatic heterocycles. The van der Waals surface area contributed by atoms with Gasteiger partial charge in [-0.05, 0) is 12.8 Å². The number of carbonyl (C=O) groups excluding carboxylic acids is 6. The fraction of sp³-hybridized carbons (Fsp3) is 0.714. The minimum absolute atomic E-state index is 0.250. The van der Waals surface area contributed by atoms with E-state index in [1.807, 2.05) is 13.8 Å². The minimum Gasteiger partial charge on any atom is -0.303 e. The quantitative estimate of drug-likeness (QED) is 0.693. The van der Waals surface area contributed by atoms with Gasteiger partial charge in [-0.3, -0.25) is 0 Å². The average Bonchev–Trinajstić information content (AvgIpc) is 2.41. The van der Waals surface area contributed by atoms with Crippen LogP contribution in [-0.4, -0.2) is 24.9 Å². The lowest BCUT2D eigenvalue weighted by Gasteiger charge is -1.94. The van der Waals surface area contributed by atoms with Crippen LogP contribution in [0.4, 0.5) is 0 Å². The second-order valence-electron chi connectivity index (χ2n) is 3.97. The first-order chi connectivity index (χ1) is 9.44. The fourth-order valence-electron chi connectivity index (χ4n) is 1.05. The smallest absolute Gasteiger partial charge is 0.303 e. The van der Waals surface area contributed by atoms with E-state index in [2.05, 4.69) is 13.8 Å². The van der Waals surface area contributed by atoms with Crippen LogP contribution in [0.2, 0.25) is 0 Å². The molecule has 0 aliphatic carbocycles. The van der Waals surface area contributed by atoms with E-state index in [9.17, 15) is 9.59 Å². The van der Waals surface area contributed by atoms with Gasteiger partial charge in [0.1, 0.15) is 12.6 Å². The lowest BCUT2D eigenvalue weighted by Crippen LogP contribution is -1.92. The molecule has 0 saturated heterocycles. The first kappa shape index (κ1) is 26.6. The molecular weight excluding hydrogens is 264 g/mol. The van der Waals surface area contributed by atoms with Crippen LogP contribution in [0.3, 0.4) is 0 Å². The molecular formula is C14H24O6. The number of aldehydes is 2. The molecule has 0 N–H and O–H groups in total. The molecule has 0 radical (unpaired) electrons. The summed E-state index contributed by atoms with van der Waals surface area (Å²) in [6, 6.07) is 0. The molecule has 0 bridgehead atoms. The second-order valence-corrected chi connectivity index (χ2v) is 3.97. The maximum atomic E-state index is 9.89. The Bertz CT molecular complexity index is 235. The van der Waals surface area contributed by atoms with Crippen molar-refractivity contribution in [2.24, 2.45) is 11.8 Å². The highest BCUT2D eigenvalue weighted by Crippen LogP contribution is 1.99. The van der Waals surface area contributed by atoms with Crippen molar-refractivity contribution in [1.82, 2.24) is 0 Å². The first-order valence-electron chi connectivity index (χ1n) is 6.34. The maximum absolute atomic E-state index is 9.89. The van der Waals surface area contributed by atoms with E-state index in [0.29, 0.717) is 0 Å². The Morgan fingerprint density at radius 2 is 0.950 bits per heavy atom. The summed E-state index contributed by atoms with van der Waals surface area (Å²) in [5.74, 6) is 0.537. The predicted molar refractivity (Wildman–Crippen MR) is 70.3 cm³/mol. The van der Waals surface area contributed by atoms with E-state index in [1.165, 1.54) is 0 Å². The van der Waals surface area contributed by atoms with Crippen molar-refractivity contribution in [3.05, 3.63) is 0 Å². The summed E-state index contributed by atoms with van der Waals surface area (Å²) >= 11 is 0. The number of carbonyl (C=O) groups is 2. The molecule has 6 nitrogen and oxygen atoms in total. The molecule has 6 heteroatoms. The van der Waals surface area contributed by atoms with Gasteiger partial charge < -0.3 is 9.59 Å². The Kier molecular flexibility index (Phi) is 40.3. The van der Waals surface area contributed by atoms with Crippen LogP contribution < -0.4 is 0 Å². The van der Waals surface area contributed by atoms with Crippen LogP contribution in [0, 0.1) is 11.8 Å². The molecule has 0 aromatic rings. The highest BCUT2D eigenvalue weighted by molar-refractivity contribution is 5.52. The minimum atomic E-state index is 0.250. The molecule has 0 aliphatic rings. The summed E-state index contributed by atoms with van der Waals surface area (Å²) in [4.78, 5) is 52.3. The van der Waals surface area contributed by atoms with Crippen molar-refractivity contribution in [3.8, 4) is 0 Å². The van der Waals surface area contributed by atoms with Gasteiger partial charge in [-0.2, -0.15) is 19.2 Å². The molecule has 0 amide bonds. The standard InChI is InChI=1S/2C6H12O.2CO2/c2*1-3-4-6(2)5-7;2*2-1-3/h2*5-6H,3-4H2,1-2H3;;/t2*6-;;/m10../s1. The van der Waals surface area contributed by atoms with E-state index in [4.69, 9.17) is 19.2 Å². The lowest BCUT2D eigenvalue weighted by atomic mass is 10.1. The van der Waals surface area contributed by atoms with Gasteiger partial charge in [-0.1, -0.05) is 40.5 Å². The van der Waals surface area contributed by atoms with Crippen molar-refractivity contribution in [2.45, 2.75) is 53.4 Å². The third-order valence-electron chi connectivity index (χ3n) is 1.95. The average molecular weight is 288 g/mol. The van der Waals surface area contributed by atoms with E-state index in [0.717, 1.165) is 38.3 Å². The van der Waals surface area contributed by atoms with Crippen LogP contribution in [0.15, 0.2) is 0 Å². The molecule has 0 rings (SSSR count). The Morgan fingerprint density at radius 3 is 1.00 bits per heavy atom. The molecule has 0 aromatic carbocycles. The Labute approximate surface area is 119 Å². The molecule has 20 heavy (non-hydrogen) atoms. The predicted octanol–water partition coefficient (Wildman–Crippen LogP) is 2.08. The monoisotopic (exact) mass is 288 g/mol. The number of rotatable bonds is 6. The Balaban J connectivity index is -0.0000000927. The SMILES string of the molecule is CCC[C@@H](C)C=O.CCC[C@H](C)C=O.O=C=O.O=C=O. The van der Waals surface area contributed by atoms with Crippen LogP contribution >= 0.6 is 0 Å². The fourth-order valence-corrected chi connectivity index (χ4v) is 1.05. The highest BCUT2D eigenvalue weighted by Gasteiger charge is 1.93. The molecule has 0 unspecified atom stereocenters. The summed E-state index contributed by atoms with van der Waals surface area (Å²) in [5, 5.41) is 0. The van der Waals surface area contributed by atoms with Gasteiger partial charge in [-0.15, -0.1) is 0 Å². The summed E-state index contributed by atoms with van der Waals surface area (Å²) < 4.78 is 0. The van der Waals surface area contributed by atoms with Crippen LogP contribution in [-0.2, 0) is 28.8 Å². The molecule has 0 fully saturated rings. The van der Waals surface area contributed by atoms with Gasteiger partial charge in [0, 0.05) is 11.8 Å². The van der Waals surface area contributed by atoms with Gasteiger partial charge in [0.2, 0.25) is 0 Å². The largest absolute Gasteiger partial charge is 0.373 e. The Morgan fingerprint density at radius 1 is 0.750 bits per heavy atom.